The Bertz CT molecular complexity index is 828. The van der Waals surface area contributed by atoms with Gasteiger partial charge in [-0.15, -0.1) is 0 Å². The van der Waals surface area contributed by atoms with E-state index in [1.54, 1.807) is 0 Å². The number of aromatic nitrogens is 1. The Kier molecular flexibility index (Phi) is 7.29. The van der Waals surface area contributed by atoms with E-state index in [4.69, 9.17) is 4.98 Å². The predicted octanol–water partition coefficient (Wildman–Crippen LogP) is 5.95. The van der Waals surface area contributed by atoms with Crippen LogP contribution in [0.3, 0.4) is 0 Å². The van der Waals surface area contributed by atoms with E-state index in [1.165, 1.54) is 22.5 Å². The molecule has 0 bridgehead atoms. The standard InChI is InChI=1S/C26H33N3/c1-5-28(6-2)24-18-11-9-15-21(24)26(23-17-13-14-20-27-23)22-16-10-12-19-25(22)29(7-3)8-4/h9-20,26H,5-8H2,1-4H3. The van der Waals surface area contributed by atoms with Crippen LogP contribution in [0.25, 0.3) is 0 Å². The van der Waals surface area contributed by atoms with E-state index in [0.717, 1.165) is 31.9 Å². The van der Waals surface area contributed by atoms with Crippen LogP contribution in [0.2, 0.25) is 0 Å². The van der Waals surface area contributed by atoms with Gasteiger partial charge in [-0.2, -0.15) is 0 Å². The smallest absolute Gasteiger partial charge is 0.0553 e. The molecule has 3 nitrogen and oxygen atoms in total. The quantitative estimate of drug-likeness (QED) is 0.452. The number of benzene rings is 2. The minimum absolute atomic E-state index is 0.0878. The maximum atomic E-state index is 4.80. The molecule has 0 saturated heterocycles. The lowest BCUT2D eigenvalue weighted by atomic mass is 9.85. The second-order valence-electron chi connectivity index (χ2n) is 7.15. The molecule has 0 spiro atoms. The summed E-state index contributed by atoms with van der Waals surface area (Å²) in [5, 5.41) is 0. The lowest BCUT2D eigenvalue weighted by Crippen LogP contribution is -2.26. The lowest BCUT2D eigenvalue weighted by Gasteiger charge is -2.31. The topological polar surface area (TPSA) is 19.4 Å². The monoisotopic (exact) mass is 387 g/mol. The minimum Gasteiger partial charge on any atom is -0.372 e. The van der Waals surface area contributed by atoms with E-state index in [-0.39, 0.29) is 5.92 Å². The lowest BCUT2D eigenvalue weighted by molar-refractivity contribution is 0.821. The fourth-order valence-electron chi connectivity index (χ4n) is 4.20. The van der Waals surface area contributed by atoms with E-state index < -0.39 is 0 Å². The molecule has 3 heteroatoms. The summed E-state index contributed by atoms with van der Waals surface area (Å²) in [6.07, 6.45) is 1.91. The van der Waals surface area contributed by atoms with Crippen molar-refractivity contribution in [2.24, 2.45) is 0 Å². The highest BCUT2D eigenvalue weighted by atomic mass is 15.1. The molecule has 29 heavy (non-hydrogen) atoms. The van der Waals surface area contributed by atoms with Crippen molar-refractivity contribution < 1.29 is 0 Å². The van der Waals surface area contributed by atoms with Crippen molar-refractivity contribution in [2.45, 2.75) is 33.6 Å². The summed E-state index contributed by atoms with van der Waals surface area (Å²) in [7, 11) is 0. The van der Waals surface area contributed by atoms with Crippen molar-refractivity contribution in [3.63, 3.8) is 0 Å². The van der Waals surface area contributed by atoms with Gasteiger partial charge in [0.25, 0.3) is 0 Å². The molecule has 0 unspecified atom stereocenters. The number of para-hydroxylation sites is 2. The average molecular weight is 388 g/mol. The van der Waals surface area contributed by atoms with Crippen LogP contribution in [0.15, 0.2) is 72.9 Å². The van der Waals surface area contributed by atoms with E-state index >= 15 is 0 Å². The van der Waals surface area contributed by atoms with Crippen LogP contribution >= 0.6 is 0 Å². The van der Waals surface area contributed by atoms with Gasteiger partial charge in [-0.3, -0.25) is 4.98 Å². The van der Waals surface area contributed by atoms with E-state index in [1.807, 2.05) is 12.3 Å². The number of rotatable bonds is 9. The normalized spacial score (nSPS) is 10.9. The summed E-state index contributed by atoms with van der Waals surface area (Å²) in [5.41, 5.74) is 6.31. The number of hydrogen-bond donors (Lipinski definition) is 0. The van der Waals surface area contributed by atoms with Crippen LogP contribution in [-0.2, 0) is 0 Å². The molecule has 3 aromatic rings. The molecule has 2 aromatic carbocycles. The molecule has 3 rings (SSSR count). The number of anilines is 2. The SMILES string of the molecule is CCN(CC)c1ccccc1C(c1ccccn1)c1ccccc1N(CC)CC. The average Bonchev–Trinajstić information content (AvgIpc) is 2.78. The zero-order valence-electron chi connectivity index (χ0n) is 18.2. The van der Waals surface area contributed by atoms with Crippen molar-refractivity contribution in [2.75, 3.05) is 36.0 Å². The van der Waals surface area contributed by atoms with Crippen LogP contribution in [0, 0.1) is 0 Å². The molecule has 0 aliphatic carbocycles. The Labute approximate surface area is 176 Å². The van der Waals surface area contributed by atoms with Crippen molar-refractivity contribution in [1.82, 2.24) is 4.98 Å². The molecular formula is C26H33N3. The first-order valence-corrected chi connectivity index (χ1v) is 10.8. The first-order valence-electron chi connectivity index (χ1n) is 10.8. The molecule has 0 atom stereocenters. The predicted molar refractivity (Wildman–Crippen MR) is 125 cm³/mol. The maximum absolute atomic E-state index is 4.80. The third-order valence-electron chi connectivity index (χ3n) is 5.69. The zero-order valence-corrected chi connectivity index (χ0v) is 18.2. The van der Waals surface area contributed by atoms with Gasteiger partial charge < -0.3 is 9.80 Å². The molecule has 0 aliphatic heterocycles. The molecule has 1 aromatic heterocycles. The molecule has 0 fully saturated rings. The van der Waals surface area contributed by atoms with Crippen LogP contribution in [0.1, 0.15) is 50.4 Å². The Hall–Kier alpha value is -2.81. The molecular weight excluding hydrogens is 354 g/mol. The van der Waals surface area contributed by atoms with Gasteiger partial charge in [0.1, 0.15) is 0 Å². The van der Waals surface area contributed by atoms with E-state index in [2.05, 4.69) is 98.2 Å². The summed E-state index contributed by atoms with van der Waals surface area (Å²) in [6.45, 7) is 12.8. The van der Waals surface area contributed by atoms with Gasteiger partial charge in [-0.05, 0) is 63.1 Å². The van der Waals surface area contributed by atoms with Crippen LogP contribution in [-0.4, -0.2) is 31.2 Å². The first kappa shape index (κ1) is 20.9. The van der Waals surface area contributed by atoms with Gasteiger partial charge >= 0.3 is 0 Å². The molecule has 0 N–H and O–H groups in total. The zero-order chi connectivity index (χ0) is 20.6. The molecule has 1 heterocycles. The van der Waals surface area contributed by atoms with Crippen molar-refractivity contribution in [3.05, 3.63) is 89.7 Å². The Morgan fingerprint density at radius 3 is 1.48 bits per heavy atom. The molecule has 0 saturated carbocycles. The van der Waals surface area contributed by atoms with Crippen LogP contribution in [0.4, 0.5) is 11.4 Å². The Morgan fingerprint density at radius 1 is 0.621 bits per heavy atom. The first-order chi connectivity index (χ1) is 14.2. The van der Waals surface area contributed by atoms with Gasteiger partial charge in [0.05, 0.1) is 11.6 Å². The highest BCUT2D eigenvalue weighted by Gasteiger charge is 2.25. The number of hydrogen-bond acceptors (Lipinski definition) is 3. The molecule has 0 radical (unpaired) electrons. The Balaban J connectivity index is 2.26. The maximum Gasteiger partial charge on any atom is 0.0553 e. The van der Waals surface area contributed by atoms with Crippen molar-refractivity contribution in [3.8, 4) is 0 Å². The Morgan fingerprint density at radius 2 is 1.07 bits per heavy atom. The highest BCUT2D eigenvalue weighted by molar-refractivity contribution is 5.65. The fourth-order valence-corrected chi connectivity index (χ4v) is 4.20. The van der Waals surface area contributed by atoms with Crippen molar-refractivity contribution >= 4 is 11.4 Å². The van der Waals surface area contributed by atoms with Crippen LogP contribution < -0.4 is 9.80 Å². The van der Waals surface area contributed by atoms with Gasteiger partial charge in [0.2, 0.25) is 0 Å². The summed E-state index contributed by atoms with van der Waals surface area (Å²) >= 11 is 0. The summed E-state index contributed by atoms with van der Waals surface area (Å²) in [5.74, 6) is 0.0878. The largest absolute Gasteiger partial charge is 0.372 e. The van der Waals surface area contributed by atoms with E-state index in [0.29, 0.717) is 0 Å². The molecule has 152 valence electrons. The van der Waals surface area contributed by atoms with Crippen molar-refractivity contribution in [1.29, 1.82) is 0 Å². The second kappa shape index (κ2) is 10.1. The number of pyridine rings is 1. The second-order valence-corrected chi connectivity index (χ2v) is 7.15. The fraction of sp³-hybridized carbons (Fsp3) is 0.346. The highest BCUT2D eigenvalue weighted by Crippen LogP contribution is 2.40. The van der Waals surface area contributed by atoms with Gasteiger partial charge in [0.15, 0.2) is 0 Å². The van der Waals surface area contributed by atoms with Crippen LogP contribution in [0.5, 0.6) is 0 Å². The summed E-state index contributed by atoms with van der Waals surface area (Å²) in [6, 6.07) is 23.9. The van der Waals surface area contributed by atoms with Gasteiger partial charge in [0, 0.05) is 43.8 Å². The van der Waals surface area contributed by atoms with Gasteiger partial charge in [-0.1, -0.05) is 42.5 Å². The summed E-state index contributed by atoms with van der Waals surface area (Å²) < 4.78 is 0. The molecule has 0 amide bonds. The third-order valence-corrected chi connectivity index (χ3v) is 5.69. The third kappa shape index (κ3) is 4.45. The summed E-state index contributed by atoms with van der Waals surface area (Å²) in [4.78, 5) is 9.67. The van der Waals surface area contributed by atoms with E-state index in [9.17, 15) is 0 Å². The minimum atomic E-state index is 0.0878. The number of nitrogens with zero attached hydrogens (tertiary/aromatic N) is 3. The molecule has 0 aliphatic rings. The van der Waals surface area contributed by atoms with Gasteiger partial charge in [-0.25, -0.2) is 0 Å².